The number of carbonyl (C=O) groups is 1. The van der Waals surface area contributed by atoms with Crippen molar-refractivity contribution in [1.82, 2.24) is 0 Å². The van der Waals surface area contributed by atoms with Gasteiger partial charge in [-0.25, -0.2) is 0 Å². The van der Waals surface area contributed by atoms with Crippen molar-refractivity contribution in [2.45, 2.75) is 62.6 Å². The van der Waals surface area contributed by atoms with Gasteiger partial charge in [0.25, 0.3) is 0 Å². The highest BCUT2D eigenvalue weighted by Crippen LogP contribution is 2.65. The standard InChI is InChI=1S/C27H32O4Si/c1-26(2,3)32(4,5)30-15-27-18-12-8-6-10-16(18)21(17-11-7-9-13-19(17)27)22-23(27)20-14-29-25(31-20)24(22)28/h6-13,20-23,25H,14-15H2,1-5H3/t20?,21?,22-,23-,25?,27?/m1/s1. The lowest BCUT2D eigenvalue weighted by Crippen LogP contribution is -2.64. The molecule has 3 aliphatic carbocycles. The van der Waals surface area contributed by atoms with Crippen LogP contribution in [0.15, 0.2) is 48.5 Å². The van der Waals surface area contributed by atoms with Crippen LogP contribution in [0.2, 0.25) is 18.1 Å². The number of ketones is 1. The molecular weight excluding hydrogens is 416 g/mol. The Morgan fingerprint density at radius 3 is 2.22 bits per heavy atom. The van der Waals surface area contributed by atoms with Crippen molar-refractivity contribution in [2.75, 3.05) is 13.2 Å². The number of Topliss-reactive ketones (excluding diaryl/α,β-unsaturated/α-hetero) is 1. The van der Waals surface area contributed by atoms with E-state index in [2.05, 4.69) is 82.4 Å². The van der Waals surface area contributed by atoms with Crippen LogP contribution in [0.25, 0.3) is 0 Å². The Kier molecular flexibility index (Phi) is 4.31. The van der Waals surface area contributed by atoms with Crippen molar-refractivity contribution in [1.29, 1.82) is 0 Å². The van der Waals surface area contributed by atoms with Gasteiger partial charge in [0.2, 0.25) is 6.29 Å². The maximum Gasteiger partial charge on any atom is 0.218 e. The number of hydrogen-bond donors (Lipinski definition) is 0. The zero-order chi connectivity index (χ0) is 22.5. The molecule has 0 amide bonds. The number of benzene rings is 2. The number of fused-ring (bicyclic) bond motifs is 2. The summed E-state index contributed by atoms with van der Waals surface area (Å²) in [5, 5.41) is 0.106. The summed E-state index contributed by atoms with van der Waals surface area (Å²) >= 11 is 0. The fourth-order valence-electron chi connectivity index (χ4n) is 6.49. The van der Waals surface area contributed by atoms with Gasteiger partial charge in [-0.2, -0.15) is 0 Å². The summed E-state index contributed by atoms with van der Waals surface area (Å²) in [6.45, 7) is 12.5. The molecule has 32 heavy (non-hydrogen) atoms. The van der Waals surface area contributed by atoms with Gasteiger partial charge in [-0.3, -0.25) is 4.79 Å². The van der Waals surface area contributed by atoms with Gasteiger partial charge in [-0.1, -0.05) is 69.3 Å². The number of hydrogen-bond acceptors (Lipinski definition) is 4. The van der Waals surface area contributed by atoms with Crippen LogP contribution in [-0.4, -0.2) is 39.7 Å². The van der Waals surface area contributed by atoms with E-state index in [0.29, 0.717) is 13.2 Å². The molecule has 2 saturated heterocycles. The molecule has 0 N–H and O–H groups in total. The monoisotopic (exact) mass is 448 g/mol. The summed E-state index contributed by atoms with van der Waals surface area (Å²) in [5.41, 5.74) is 4.76. The molecule has 5 heteroatoms. The van der Waals surface area contributed by atoms with Gasteiger partial charge in [-0.15, -0.1) is 0 Å². The molecule has 7 rings (SSSR count). The molecule has 4 bridgehead atoms. The van der Waals surface area contributed by atoms with Crippen LogP contribution in [0, 0.1) is 11.8 Å². The molecule has 0 aromatic heterocycles. The molecule has 2 aromatic rings. The topological polar surface area (TPSA) is 44.8 Å². The molecule has 0 saturated carbocycles. The summed E-state index contributed by atoms with van der Waals surface area (Å²) < 4.78 is 19.0. The van der Waals surface area contributed by atoms with Gasteiger partial charge in [0.05, 0.1) is 12.7 Å². The van der Waals surface area contributed by atoms with E-state index in [0.717, 1.165) is 0 Å². The van der Waals surface area contributed by atoms with Crippen LogP contribution >= 0.6 is 0 Å². The Morgan fingerprint density at radius 2 is 1.62 bits per heavy atom. The first kappa shape index (κ1) is 20.8. The summed E-state index contributed by atoms with van der Waals surface area (Å²) in [6.07, 6.45) is -0.798. The van der Waals surface area contributed by atoms with Crippen molar-refractivity contribution in [3.05, 3.63) is 70.8 Å². The van der Waals surface area contributed by atoms with E-state index in [1.54, 1.807) is 0 Å². The highest BCUT2D eigenvalue weighted by molar-refractivity contribution is 6.74. The van der Waals surface area contributed by atoms with Crippen LogP contribution in [0.5, 0.6) is 0 Å². The van der Waals surface area contributed by atoms with Crippen molar-refractivity contribution in [3.8, 4) is 0 Å². The lowest BCUT2D eigenvalue weighted by Gasteiger charge is -2.60. The average molecular weight is 449 g/mol. The van der Waals surface area contributed by atoms with E-state index >= 15 is 0 Å². The Labute approximate surface area is 191 Å². The van der Waals surface area contributed by atoms with Crippen molar-refractivity contribution < 1.29 is 18.7 Å². The van der Waals surface area contributed by atoms with E-state index in [4.69, 9.17) is 13.9 Å². The highest BCUT2D eigenvalue weighted by Gasteiger charge is 2.67. The molecule has 4 nitrogen and oxygen atoms in total. The van der Waals surface area contributed by atoms with Gasteiger partial charge in [0.1, 0.15) is 0 Å². The molecule has 0 spiro atoms. The largest absolute Gasteiger partial charge is 0.416 e. The summed E-state index contributed by atoms with van der Waals surface area (Å²) in [6, 6.07) is 17.4. The van der Waals surface area contributed by atoms with E-state index in [-0.39, 0.29) is 34.7 Å². The van der Waals surface area contributed by atoms with E-state index in [1.807, 2.05) is 0 Å². The molecule has 0 radical (unpaired) electrons. The smallest absolute Gasteiger partial charge is 0.218 e. The third-order valence-corrected chi connectivity index (χ3v) is 13.5. The van der Waals surface area contributed by atoms with Crippen molar-refractivity contribution >= 4 is 14.1 Å². The second kappa shape index (κ2) is 6.63. The summed E-state index contributed by atoms with van der Waals surface area (Å²) in [5.74, 6) is 0.0575. The first-order chi connectivity index (χ1) is 15.2. The second-order valence-electron chi connectivity index (χ2n) is 11.5. The van der Waals surface area contributed by atoms with Gasteiger partial charge < -0.3 is 13.9 Å². The maximum absolute atomic E-state index is 13.6. The predicted octanol–water partition coefficient (Wildman–Crippen LogP) is 5.01. The molecule has 2 aromatic carbocycles. The Morgan fingerprint density at radius 1 is 1.03 bits per heavy atom. The van der Waals surface area contributed by atoms with Crippen LogP contribution in [0.4, 0.5) is 0 Å². The zero-order valence-corrected chi connectivity index (χ0v) is 20.6. The minimum Gasteiger partial charge on any atom is -0.416 e. The molecule has 2 fully saturated rings. The van der Waals surface area contributed by atoms with E-state index in [1.165, 1.54) is 22.3 Å². The van der Waals surface area contributed by atoms with Crippen LogP contribution in [0.1, 0.15) is 48.9 Å². The van der Waals surface area contributed by atoms with Gasteiger partial charge in [-0.05, 0) is 40.4 Å². The lowest BCUT2D eigenvalue weighted by atomic mass is 9.45. The molecule has 2 aliphatic heterocycles. The quantitative estimate of drug-likeness (QED) is 0.619. The maximum atomic E-state index is 13.6. The lowest BCUT2D eigenvalue weighted by molar-refractivity contribution is -0.173. The van der Waals surface area contributed by atoms with Crippen molar-refractivity contribution in [3.63, 3.8) is 0 Å². The van der Waals surface area contributed by atoms with E-state index in [9.17, 15) is 4.79 Å². The van der Waals surface area contributed by atoms with Crippen LogP contribution < -0.4 is 0 Å². The number of rotatable bonds is 3. The Balaban J connectivity index is 1.60. The van der Waals surface area contributed by atoms with Crippen LogP contribution in [0.3, 0.4) is 0 Å². The SMILES string of the molecule is CC(C)(C)[Si](C)(C)OCC12c3ccccc3C(c3ccccc31)[C@H]1C(=O)C3OCC(O3)[C@H]12. The molecule has 5 aliphatic rings. The molecule has 2 heterocycles. The summed E-state index contributed by atoms with van der Waals surface area (Å²) in [4.78, 5) is 13.6. The fourth-order valence-corrected chi connectivity index (χ4v) is 7.51. The highest BCUT2D eigenvalue weighted by atomic mass is 28.4. The predicted molar refractivity (Wildman–Crippen MR) is 125 cm³/mol. The second-order valence-corrected chi connectivity index (χ2v) is 16.3. The van der Waals surface area contributed by atoms with Gasteiger partial charge in [0, 0.05) is 29.8 Å². The first-order valence-electron chi connectivity index (χ1n) is 11.8. The Hall–Kier alpha value is -1.79. The molecule has 168 valence electrons. The molecule has 4 atom stereocenters. The minimum atomic E-state index is -2.03. The fraction of sp³-hybridized carbons (Fsp3) is 0.519. The van der Waals surface area contributed by atoms with Gasteiger partial charge in [0.15, 0.2) is 14.1 Å². The number of carbonyl (C=O) groups excluding carboxylic acids is 1. The van der Waals surface area contributed by atoms with E-state index < -0.39 is 20.0 Å². The zero-order valence-electron chi connectivity index (χ0n) is 19.6. The molecular formula is C27H32O4Si. The normalized spacial score (nSPS) is 34.8. The summed E-state index contributed by atoms with van der Waals surface area (Å²) in [7, 11) is -2.03. The third-order valence-electron chi connectivity index (χ3n) is 9.01. The van der Waals surface area contributed by atoms with Crippen LogP contribution in [-0.2, 0) is 24.1 Å². The van der Waals surface area contributed by atoms with Gasteiger partial charge >= 0.3 is 0 Å². The minimum absolute atomic E-state index is 0.0216. The Bertz CT molecular complexity index is 1050. The van der Waals surface area contributed by atoms with Crippen molar-refractivity contribution in [2.24, 2.45) is 11.8 Å². The first-order valence-corrected chi connectivity index (χ1v) is 14.7. The average Bonchev–Trinajstić information content (AvgIpc) is 3.20. The number of ether oxygens (including phenoxy) is 2. The molecule has 2 unspecified atom stereocenters. The third kappa shape index (κ3) is 2.51.